The first-order chi connectivity index (χ1) is 23.7. The van der Waals surface area contributed by atoms with Crippen LogP contribution in [-0.4, -0.2) is 93.1 Å². The Morgan fingerprint density at radius 2 is 1.33 bits per heavy atom. The van der Waals surface area contributed by atoms with Crippen LogP contribution in [-0.2, 0) is 46.5 Å². The van der Waals surface area contributed by atoms with Crippen LogP contribution in [0, 0.1) is 5.92 Å². The minimum absolute atomic E-state index is 0.00262. The monoisotopic (exact) mass is 746 g/mol. The van der Waals surface area contributed by atoms with Crippen molar-refractivity contribution in [2.24, 2.45) is 5.92 Å². The van der Waals surface area contributed by atoms with Crippen LogP contribution < -0.4 is 21.3 Å². The van der Waals surface area contributed by atoms with Gasteiger partial charge in [-0.2, -0.15) is 13.2 Å². The van der Waals surface area contributed by atoms with E-state index >= 15 is 0 Å². The van der Waals surface area contributed by atoms with Gasteiger partial charge in [0.1, 0.15) is 30.5 Å². The van der Waals surface area contributed by atoms with Gasteiger partial charge in [0.2, 0.25) is 17.7 Å². The number of aliphatic carboxylic acids is 2. The van der Waals surface area contributed by atoms with E-state index in [4.69, 9.17) is 31.3 Å². The molecule has 280 valence electrons. The Hall–Kier alpha value is -5.39. The molecule has 0 heterocycles. The second-order valence-corrected chi connectivity index (χ2v) is 11.4. The molecular formula is C32H38ClF3N4O11. The number of hydrogen-bond donors (Lipinski definition) is 7. The molecule has 0 radical (unpaired) electrons. The largest absolute Gasteiger partial charge is 0.508 e. The third kappa shape index (κ3) is 16.7. The number of Topliss-reactive ketones (excluding diaryl/α,β-unsaturated/α-hetero) is 1. The molecule has 15 nitrogen and oxygen atoms in total. The number of carbonyl (C=O) groups is 7. The number of alkyl carbamates (subject to hydrolysis) is 1. The molecule has 0 saturated heterocycles. The summed E-state index contributed by atoms with van der Waals surface area (Å²) in [6, 6.07) is 9.99. The summed E-state index contributed by atoms with van der Waals surface area (Å²) < 4.78 is 37.0. The van der Waals surface area contributed by atoms with Gasteiger partial charge in [-0.25, -0.2) is 9.59 Å². The number of nitrogens with one attached hydrogen (secondary N) is 4. The first-order valence-corrected chi connectivity index (χ1v) is 15.5. The van der Waals surface area contributed by atoms with Gasteiger partial charge in [0, 0.05) is 6.42 Å². The van der Waals surface area contributed by atoms with Crippen molar-refractivity contribution in [3.05, 3.63) is 65.7 Å². The summed E-state index contributed by atoms with van der Waals surface area (Å²) >= 11 is 5.51. The molecule has 7 N–H and O–H groups in total. The number of amides is 4. The lowest BCUT2D eigenvalue weighted by Gasteiger charge is -2.27. The topological polar surface area (TPSA) is 238 Å². The highest BCUT2D eigenvalue weighted by molar-refractivity contribution is 6.28. The summed E-state index contributed by atoms with van der Waals surface area (Å²) in [4.78, 5) is 83.8. The van der Waals surface area contributed by atoms with Gasteiger partial charge in [-0.15, -0.1) is 11.6 Å². The van der Waals surface area contributed by atoms with Crippen LogP contribution in [0.3, 0.4) is 0 Å². The minimum Gasteiger partial charge on any atom is -0.508 e. The number of hydrogen-bond acceptors (Lipinski definition) is 9. The first kappa shape index (κ1) is 43.6. The van der Waals surface area contributed by atoms with Crippen LogP contribution in [0.1, 0.15) is 38.3 Å². The van der Waals surface area contributed by atoms with Gasteiger partial charge in [0.05, 0.1) is 18.3 Å². The smallest absolute Gasteiger partial charge is 0.490 e. The molecule has 2 aromatic rings. The first-order valence-electron chi connectivity index (χ1n) is 15.0. The number of aromatic hydroxyl groups is 1. The van der Waals surface area contributed by atoms with E-state index in [1.165, 1.54) is 19.1 Å². The zero-order valence-corrected chi connectivity index (χ0v) is 28.3. The van der Waals surface area contributed by atoms with Gasteiger partial charge in [-0.05, 0) is 36.1 Å². The van der Waals surface area contributed by atoms with E-state index in [0.29, 0.717) is 5.56 Å². The third-order valence-electron chi connectivity index (χ3n) is 6.65. The van der Waals surface area contributed by atoms with E-state index in [1.54, 1.807) is 50.2 Å². The number of ketones is 1. The predicted octanol–water partition coefficient (Wildman–Crippen LogP) is 2.28. The van der Waals surface area contributed by atoms with Crippen molar-refractivity contribution in [1.29, 1.82) is 0 Å². The molecule has 4 atom stereocenters. The average molecular weight is 747 g/mol. The number of alkyl halides is 4. The molecule has 0 aliphatic heterocycles. The van der Waals surface area contributed by atoms with Gasteiger partial charge in [0.15, 0.2) is 5.78 Å². The van der Waals surface area contributed by atoms with Crippen molar-refractivity contribution >= 4 is 53.1 Å². The second-order valence-electron chi connectivity index (χ2n) is 11.2. The number of carbonyl (C=O) groups excluding carboxylic acids is 5. The van der Waals surface area contributed by atoms with Gasteiger partial charge in [-0.1, -0.05) is 56.3 Å². The van der Waals surface area contributed by atoms with Crippen LogP contribution in [0.2, 0.25) is 0 Å². The van der Waals surface area contributed by atoms with E-state index < -0.39 is 90.1 Å². The second kappa shape index (κ2) is 21.0. The molecule has 4 amide bonds. The van der Waals surface area contributed by atoms with Crippen molar-refractivity contribution in [2.75, 3.05) is 5.88 Å². The minimum atomic E-state index is -5.08. The van der Waals surface area contributed by atoms with Crippen LogP contribution in [0.15, 0.2) is 54.6 Å². The quantitative estimate of drug-likeness (QED) is 0.123. The van der Waals surface area contributed by atoms with Crippen LogP contribution in [0.5, 0.6) is 5.75 Å². The zero-order valence-electron chi connectivity index (χ0n) is 27.5. The van der Waals surface area contributed by atoms with Crippen LogP contribution >= 0.6 is 11.6 Å². The molecule has 2 aromatic carbocycles. The number of phenolic OH excluding ortho intramolecular Hbond substituents is 1. The fraction of sp³-hybridized carbons (Fsp3) is 0.406. The Labute approximate surface area is 294 Å². The molecule has 0 aliphatic carbocycles. The number of carboxylic acid groups (broad SMARTS) is 2. The van der Waals surface area contributed by atoms with Gasteiger partial charge >= 0.3 is 24.2 Å². The lowest BCUT2D eigenvalue weighted by atomic mass is 10.0. The number of rotatable bonds is 16. The van der Waals surface area contributed by atoms with Gasteiger partial charge in [0.25, 0.3) is 0 Å². The highest BCUT2D eigenvalue weighted by Crippen LogP contribution is 2.14. The van der Waals surface area contributed by atoms with Crippen LogP contribution in [0.4, 0.5) is 18.0 Å². The molecule has 19 heteroatoms. The Morgan fingerprint density at radius 3 is 1.82 bits per heavy atom. The molecule has 0 fully saturated rings. The number of phenols is 1. The highest BCUT2D eigenvalue weighted by atomic mass is 35.5. The summed E-state index contributed by atoms with van der Waals surface area (Å²) in [6.45, 7) is 4.61. The fourth-order valence-electron chi connectivity index (χ4n) is 3.95. The molecule has 0 bridgehead atoms. The standard InChI is InChI=1S/C30H37ClN4O9.C2HF3O2/c1-17(2)26(29(42)32-18(3)27(40)33-22(14-25(38)39)24(37)15-31)35-28(41)23(13-19-9-11-21(36)12-10-19)34-30(43)44-16-20-7-5-4-6-8-20;3-2(4,5)1(6)7/h4-12,17-18,22-23,26,36H,13-16H2,1-3H3,(H,32,42)(H,33,40)(H,34,43)(H,35,41)(H,38,39);(H,6,7)/t18-,22-,23-,26-;/m0./s1. The third-order valence-corrected chi connectivity index (χ3v) is 6.92. The maximum atomic E-state index is 13.4. The Morgan fingerprint density at radius 1 is 0.765 bits per heavy atom. The van der Waals surface area contributed by atoms with E-state index in [9.17, 15) is 47.0 Å². The average Bonchev–Trinajstić information content (AvgIpc) is 3.05. The molecule has 0 aliphatic rings. The van der Waals surface area contributed by atoms with Gasteiger partial charge < -0.3 is 41.3 Å². The van der Waals surface area contributed by atoms with Crippen molar-refractivity contribution in [2.45, 2.75) is 70.6 Å². The molecule has 0 spiro atoms. The molecule has 51 heavy (non-hydrogen) atoms. The van der Waals surface area contributed by atoms with Crippen molar-refractivity contribution in [3.8, 4) is 5.75 Å². The van der Waals surface area contributed by atoms with E-state index in [-0.39, 0.29) is 18.8 Å². The Kier molecular flexibility index (Phi) is 17.9. The lowest BCUT2D eigenvalue weighted by Crippen LogP contribution is -2.58. The Balaban J connectivity index is 0.00000167. The SMILES string of the molecule is CC(C)[C@H](NC(=O)[C@H](Cc1ccc(O)cc1)NC(=O)OCc1ccccc1)C(=O)N[C@@H](C)C(=O)N[C@@H](CC(=O)O)C(=O)CCl.O=C(O)C(F)(F)F. The summed E-state index contributed by atoms with van der Waals surface area (Å²) in [5.74, 6) is -8.03. The Bertz CT molecular complexity index is 1510. The van der Waals surface area contributed by atoms with E-state index in [1.807, 2.05) is 6.07 Å². The van der Waals surface area contributed by atoms with Crippen molar-refractivity contribution in [3.63, 3.8) is 0 Å². The molecule has 0 saturated carbocycles. The lowest BCUT2D eigenvalue weighted by molar-refractivity contribution is -0.192. The van der Waals surface area contributed by atoms with Crippen molar-refractivity contribution < 1.29 is 66.8 Å². The van der Waals surface area contributed by atoms with Crippen molar-refractivity contribution in [1.82, 2.24) is 21.3 Å². The number of ether oxygens (including phenoxy) is 1. The van der Waals surface area contributed by atoms with Crippen LogP contribution in [0.25, 0.3) is 0 Å². The maximum Gasteiger partial charge on any atom is 0.490 e. The fourth-order valence-corrected chi connectivity index (χ4v) is 4.14. The summed E-state index contributed by atoms with van der Waals surface area (Å²) in [5, 5.41) is 35.6. The zero-order chi connectivity index (χ0) is 38.9. The summed E-state index contributed by atoms with van der Waals surface area (Å²) in [5.41, 5.74) is 1.34. The highest BCUT2D eigenvalue weighted by Gasteiger charge is 2.38. The summed E-state index contributed by atoms with van der Waals surface area (Å²) in [7, 11) is 0. The molecule has 0 unspecified atom stereocenters. The normalized spacial score (nSPS) is 13.2. The number of halogens is 4. The number of carboxylic acids is 2. The molecular weight excluding hydrogens is 709 g/mol. The van der Waals surface area contributed by atoms with E-state index in [0.717, 1.165) is 5.56 Å². The predicted molar refractivity (Wildman–Crippen MR) is 173 cm³/mol. The maximum absolute atomic E-state index is 13.4. The van der Waals surface area contributed by atoms with Gasteiger partial charge in [-0.3, -0.25) is 24.0 Å². The molecule has 2 rings (SSSR count). The molecule has 0 aromatic heterocycles. The van der Waals surface area contributed by atoms with E-state index in [2.05, 4.69) is 21.3 Å². The summed E-state index contributed by atoms with van der Waals surface area (Å²) in [6.07, 6.45) is -6.64. The number of benzene rings is 2.